The number of nitrogens with zero attached hydrogens (tertiary/aromatic N) is 3. The minimum atomic E-state index is -4.08. The number of ether oxygens (including phenoxy) is 1. The fourth-order valence-corrected chi connectivity index (χ4v) is 5.76. The lowest BCUT2D eigenvalue weighted by Gasteiger charge is -2.24. The molecule has 4 rings (SSSR count). The third kappa shape index (κ3) is 5.74. The number of carbonyl (C=O) groups excluding carboxylic acids is 1. The predicted molar refractivity (Wildman–Crippen MR) is 150 cm³/mol. The Morgan fingerprint density at radius 2 is 1.68 bits per heavy atom. The van der Waals surface area contributed by atoms with Crippen LogP contribution in [0.2, 0.25) is 5.02 Å². The van der Waals surface area contributed by atoms with Crippen molar-refractivity contribution in [1.82, 2.24) is 9.99 Å². The van der Waals surface area contributed by atoms with Crippen molar-refractivity contribution in [2.24, 2.45) is 5.10 Å². The monoisotopic (exact) mass is 550 g/mol. The molecule has 1 N–H and O–H groups in total. The number of hydrazone groups is 1. The van der Waals surface area contributed by atoms with Crippen molar-refractivity contribution in [3.05, 3.63) is 107 Å². The molecule has 0 saturated heterocycles. The summed E-state index contributed by atoms with van der Waals surface area (Å²) >= 11 is 6.26. The summed E-state index contributed by atoms with van der Waals surface area (Å²) in [6.45, 7) is 3.44. The van der Waals surface area contributed by atoms with Crippen LogP contribution in [0, 0.1) is 13.8 Å². The van der Waals surface area contributed by atoms with Gasteiger partial charge in [0.1, 0.15) is 12.3 Å². The third-order valence-corrected chi connectivity index (χ3v) is 8.00. The van der Waals surface area contributed by atoms with Gasteiger partial charge in [-0.05, 0) is 62.4 Å². The first-order valence-electron chi connectivity index (χ1n) is 11.7. The van der Waals surface area contributed by atoms with Gasteiger partial charge in [-0.2, -0.15) is 5.10 Å². The first-order valence-corrected chi connectivity index (χ1v) is 13.5. The second kappa shape index (κ2) is 11.5. The largest absolute Gasteiger partial charge is 0.495 e. The Morgan fingerprint density at radius 1 is 1.03 bits per heavy atom. The van der Waals surface area contributed by atoms with Crippen LogP contribution < -0.4 is 14.5 Å². The average molecular weight is 551 g/mol. The first-order chi connectivity index (χ1) is 18.2. The highest BCUT2D eigenvalue weighted by molar-refractivity contribution is 7.92. The van der Waals surface area contributed by atoms with E-state index in [0.29, 0.717) is 5.75 Å². The van der Waals surface area contributed by atoms with Crippen LogP contribution in [0.1, 0.15) is 17.0 Å². The number of sulfonamides is 1. The van der Waals surface area contributed by atoms with E-state index in [9.17, 15) is 13.2 Å². The van der Waals surface area contributed by atoms with Gasteiger partial charge in [0, 0.05) is 22.6 Å². The van der Waals surface area contributed by atoms with Crippen LogP contribution in [0.5, 0.6) is 5.75 Å². The van der Waals surface area contributed by atoms with Gasteiger partial charge in [0.15, 0.2) is 0 Å². The highest BCUT2D eigenvalue weighted by atomic mass is 35.5. The number of methoxy groups -OCH3 is 1. The number of halogens is 1. The SMILES string of the molecule is COc1ccc(N(CC(=O)N/N=C/c2cc(C)n(-c3ccccc3)c2C)S(=O)(=O)c2ccccc2)cc1Cl. The molecule has 196 valence electrons. The zero-order valence-electron chi connectivity index (χ0n) is 21.1. The molecule has 1 heterocycles. The highest BCUT2D eigenvalue weighted by Crippen LogP contribution is 2.31. The first kappa shape index (κ1) is 27.0. The summed E-state index contributed by atoms with van der Waals surface area (Å²) in [5.74, 6) is -0.237. The molecule has 0 atom stereocenters. The van der Waals surface area contributed by atoms with Gasteiger partial charge in [0.05, 0.1) is 28.9 Å². The summed E-state index contributed by atoms with van der Waals surface area (Å²) in [5.41, 5.74) is 6.46. The number of amides is 1. The summed E-state index contributed by atoms with van der Waals surface area (Å²) in [5, 5.41) is 4.30. The van der Waals surface area contributed by atoms with Gasteiger partial charge >= 0.3 is 0 Å². The van der Waals surface area contributed by atoms with E-state index in [2.05, 4.69) is 15.1 Å². The Kier molecular flexibility index (Phi) is 8.19. The quantitative estimate of drug-likeness (QED) is 0.232. The van der Waals surface area contributed by atoms with Crippen LogP contribution in [0.25, 0.3) is 5.69 Å². The molecule has 0 fully saturated rings. The van der Waals surface area contributed by atoms with Crippen molar-refractivity contribution in [3.63, 3.8) is 0 Å². The third-order valence-electron chi connectivity index (χ3n) is 5.92. The van der Waals surface area contributed by atoms with Crippen LogP contribution in [0.4, 0.5) is 5.69 Å². The zero-order valence-corrected chi connectivity index (χ0v) is 22.7. The van der Waals surface area contributed by atoms with Crippen molar-refractivity contribution in [2.45, 2.75) is 18.7 Å². The minimum absolute atomic E-state index is 0.0385. The van der Waals surface area contributed by atoms with E-state index in [0.717, 1.165) is 26.9 Å². The van der Waals surface area contributed by atoms with E-state index in [-0.39, 0.29) is 15.6 Å². The van der Waals surface area contributed by atoms with Gasteiger partial charge in [-0.25, -0.2) is 13.8 Å². The standard InChI is InChI=1S/C28H27ClN4O4S/c1-20-16-22(21(2)33(20)23-10-6-4-7-11-23)18-30-31-28(34)19-32(24-14-15-27(37-3)26(29)17-24)38(35,36)25-12-8-5-9-13-25/h4-18H,19H2,1-3H3,(H,31,34)/b30-18+. The van der Waals surface area contributed by atoms with E-state index < -0.39 is 22.5 Å². The number of aromatic nitrogens is 1. The summed E-state index contributed by atoms with van der Waals surface area (Å²) < 4.78 is 35.2. The molecule has 1 aromatic heterocycles. The van der Waals surface area contributed by atoms with Crippen LogP contribution >= 0.6 is 11.6 Å². The number of rotatable bonds is 9. The van der Waals surface area contributed by atoms with E-state index in [1.165, 1.54) is 31.4 Å². The zero-order chi connectivity index (χ0) is 27.3. The lowest BCUT2D eigenvalue weighted by atomic mass is 10.2. The molecule has 38 heavy (non-hydrogen) atoms. The smallest absolute Gasteiger partial charge is 0.264 e. The molecular weight excluding hydrogens is 524 g/mol. The Hall–Kier alpha value is -4.08. The number of carbonyl (C=O) groups is 1. The molecule has 0 aliphatic rings. The van der Waals surface area contributed by atoms with Gasteiger partial charge in [-0.15, -0.1) is 0 Å². The molecule has 0 aliphatic heterocycles. The minimum Gasteiger partial charge on any atom is -0.495 e. The summed E-state index contributed by atoms with van der Waals surface area (Å²) in [6.07, 6.45) is 1.54. The van der Waals surface area contributed by atoms with Gasteiger partial charge in [0.25, 0.3) is 15.9 Å². The van der Waals surface area contributed by atoms with E-state index in [4.69, 9.17) is 16.3 Å². The number of hydrogen-bond acceptors (Lipinski definition) is 5. The molecule has 4 aromatic rings. The number of nitrogens with one attached hydrogen (secondary N) is 1. The molecule has 0 bridgehead atoms. The molecule has 8 nitrogen and oxygen atoms in total. The van der Waals surface area contributed by atoms with Gasteiger partial charge in [0.2, 0.25) is 0 Å². The molecule has 0 unspecified atom stereocenters. The second-order valence-electron chi connectivity index (χ2n) is 8.43. The van der Waals surface area contributed by atoms with E-state index in [1.807, 2.05) is 50.2 Å². The Morgan fingerprint density at radius 3 is 2.32 bits per heavy atom. The molecule has 1 amide bonds. The maximum absolute atomic E-state index is 13.5. The van der Waals surface area contributed by atoms with Crippen molar-refractivity contribution < 1.29 is 17.9 Å². The number of hydrogen-bond donors (Lipinski definition) is 1. The summed E-state index contributed by atoms with van der Waals surface area (Å²) in [7, 11) is -2.62. The van der Waals surface area contributed by atoms with E-state index in [1.54, 1.807) is 30.5 Å². The molecule has 3 aromatic carbocycles. The lowest BCUT2D eigenvalue weighted by Crippen LogP contribution is -2.39. The van der Waals surface area contributed by atoms with Crippen molar-refractivity contribution in [2.75, 3.05) is 18.0 Å². The van der Waals surface area contributed by atoms with Crippen LogP contribution in [0.3, 0.4) is 0 Å². The molecule has 0 saturated carbocycles. The highest BCUT2D eigenvalue weighted by Gasteiger charge is 2.27. The van der Waals surface area contributed by atoms with Gasteiger partial charge < -0.3 is 9.30 Å². The topological polar surface area (TPSA) is 93.0 Å². The maximum atomic E-state index is 13.5. The van der Waals surface area contributed by atoms with Gasteiger partial charge in [-0.1, -0.05) is 48.0 Å². The predicted octanol–water partition coefficient (Wildman–Crippen LogP) is 5.10. The fourth-order valence-electron chi connectivity index (χ4n) is 4.08. The Labute approximate surface area is 227 Å². The molecular formula is C28H27ClN4O4S. The Balaban J connectivity index is 1.57. The molecule has 10 heteroatoms. The molecule has 0 aliphatic carbocycles. The van der Waals surface area contributed by atoms with Crippen LogP contribution in [-0.2, 0) is 14.8 Å². The average Bonchev–Trinajstić information content (AvgIpc) is 3.20. The summed E-state index contributed by atoms with van der Waals surface area (Å²) in [6, 6.07) is 24.2. The maximum Gasteiger partial charge on any atom is 0.264 e. The normalized spacial score (nSPS) is 11.5. The van der Waals surface area contributed by atoms with Crippen LogP contribution in [-0.4, -0.2) is 38.8 Å². The van der Waals surface area contributed by atoms with Crippen molar-refractivity contribution in [1.29, 1.82) is 0 Å². The Bertz CT molecular complexity index is 1570. The van der Waals surface area contributed by atoms with Crippen molar-refractivity contribution in [3.8, 4) is 11.4 Å². The lowest BCUT2D eigenvalue weighted by molar-refractivity contribution is -0.119. The number of benzene rings is 3. The van der Waals surface area contributed by atoms with Crippen molar-refractivity contribution >= 4 is 39.4 Å². The van der Waals surface area contributed by atoms with E-state index >= 15 is 0 Å². The van der Waals surface area contributed by atoms with Crippen LogP contribution in [0.15, 0.2) is 94.9 Å². The number of para-hydroxylation sites is 1. The summed E-state index contributed by atoms with van der Waals surface area (Å²) in [4.78, 5) is 12.9. The second-order valence-corrected chi connectivity index (χ2v) is 10.7. The fraction of sp³-hybridized carbons (Fsp3) is 0.143. The number of aryl methyl sites for hydroxylation is 1. The molecule has 0 radical (unpaired) electrons. The van der Waals surface area contributed by atoms with Gasteiger partial charge in [-0.3, -0.25) is 9.10 Å². The molecule has 0 spiro atoms. The number of anilines is 1.